The van der Waals surface area contributed by atoms with Gasteiger partial charge in [-0.25, -0.2) is 4.79 Å². The molecule has 0 spiro atoms. The van der Waals surface area contributed by atoms with E-state index in [2.05, 4.69) is 10.6 Å². The molecular weight excluding hydrogens is 238 g/mol. The number of nitrogens with one attached hydrogen (secondary N) is 2. The number of carboxylic acid groups (broad SMARTS) is 1. The molecule has 0 saturated heterocycles. The number of nitrogens with zero attached hydrogens (tertiary/aromatic N) is 1. The number of amides is 3. The smallest absolute Gasteiger partial charge is 0.317 e. The highest BCUT2D eigenvalue weighted by Crippen LogP contribution is 2.02. The summed E-state index contributed by atoms with van der Waals surface area (Å²) in [5.74, 6) is -1.24. The fourth-order valence-electron chi connectivity index (χ4n) is 1.44. The van der Waals surface area contributed by atoms with E-state index in [0.717, 1.165) is 6.42 Å². The first-order valence-electron chi connectivity index (χ1n) is 5.84. The molecule has 0 bridgehead atoms. The van der Waals surface area contributed by atoms with Crippen LogP contribution in [0.3, 0.4) is 0 Å². The third-order valence-corrected chi connectivity index (χ3v) is 2.39. The van der Waals surface area contributed by atoms with Gasteiger partial charge in [-0.3, -0.25) is 9.59 Å². The quantitative estimate of drug-likeness (QED) is 0.600. The van der Waals surface area contributed by atoms with Gasteiger partial charge in [-0.1, -0.05) is 13.3 Å². The highest BCUT2D eigenvalue weighted by Gasteiger charge is 2.18. The van der Waals surface area contributed by atoms with E-state index in [4.69, 9.17) is 5.11 Å². The Hall–Kier alpha value is -1.79. The number of hydrogen-bond donors (Lipinski definition) is 3. The largest absolute Gasteiger partial charge is 0.481 e. The Kier molecular flexibility index (Phi) is 7.50. The van der Waals surface area contributed by atoms with Crippen LogP contribution in [0.5, 0.6) is 0 Å². The fourth-order valence-corrected chi connectivity index (χ4v) is 1.44. The number of urea groups is 1. The van der Waals surface area contributed by atoms with Gasteiger partial charge in [0.15, 0.2) is 0 Å². The number of rotatable bonds is 7. The first kappa shape index (κ1) is 16.2. The molecular formula is C11H21N3O4. The van der Waals surface area contributed by atoms with Gasteiger partial charge in [-0.2, -0.15) is 0 Å². The van der Waals surface area contributed by atoms with Crippen LogP contribution in [0.1, 0.15) is 26.2 Å². The van der Waals surface area contributed by atoms with E-state index in [1.807, 2.05) is 6.92 Å². The van der Waals surface area contributed by atoms with E-state index in [-0.39, 0.29) is 18.9 Å². The van der Waals surface area contributed by atoms with Crippen LogP contribution < -0.4 is 10.6 Å². The minimum absolute atomic E-state index is 0.0613. The molecule has 1 atom stereocenters. The Morgan fingerprint density at radius 1 is 1.33 bits per heavy atom. The first-order valence-corrected chi connectivity index (χ1v) is 5.84. The lowest BCUT2D eigenvalue weighted by atomic mass is 10.1. The van der Waals surface area contributed by atoms with Crippen molar-refractivity contribution < 1.29 is 19.5 Å². The average molecular weight is 259 g/mol. The maximum absolute atomic E-state index is 11.7. The number of aliphatic carboxylic acids is 1. The van der Waals surface area contributed by atoms with Crippen molar-refractivity contribution in [3.63, 3.8) is 0 Å². The Balaban J connectivity index is 4.30. The lowest BCUT2D eigenvalue weighted by Gasteiger charge is -2.21. The van der Waals surface area contributed by atoms with Crippen molar-refractivity contribution in [2.75, 3.05) is 20.6 Å². The predicted molar refractivity (Wildman–Crippen MR) is 66.2 cm³/mol. The van der Waals surface area contributed by atoms with Crippen LogP contribution in [0, 0.1) is 0 Å². The van der Waals surface area contributed by atoms with E-state index in [9.17, 15) is 14.4 Å². The van der Waals surface area contributed by atoms with Crippen LogP contribution in [-0.4, -0.2) is 54.6 Å². The molecule has 18 heavy (non-hydrogen) atoms. The highest BCUT2D eigenvalue weighted by molar-refractivity contribution is 5.84. The molecule has 0 fully saturated rings. The molecule has 3 N–H and O–H groups in total. The van der Waals surface area contributed by atoms with Gasteiger partial charge < -0.3 is 20.6 Å². The molecule has 0 aliphatic carbocycles. The molecule has 0 rings (SSSR count). The molecule has 0 aromatic heterocycles. The van der Waals surface area contributed by atoms with Gasteiger partial charge >= 0.3 is 12.0 Å². The molecule has 0 aromatic carbocycles. The summed E-state index contributed by atoms with van der Waals surface area (Å²) in [5.41, 5.74) is 0. The molecule has 0 aromatic rings. The van der Waals surface area contributed by atoms with Crippen molar-refractivity contribution in [1.29, 1.82) is 0 Å². The molecule has 7 heteroatoms. The van der Waals surface area contributed by atoms with Gasteiger partial charge in [-0.05, 0) is 6.42 Å². The lowest BCUT2D eigenvalue weighted by molar-refractivity contribution is -0.137. The Morgan fingerprint density at radius 2 is 1.94 bits per heavy atom. The van der Waals surface area contributed by atoms with Gasteiger partial charge in [0.05, 0.1) is 6.42 Å². The molecule has 0 heterocycles. The van der Waals surface area contributed by atoms with Crippen molar-refractivity contribution in [2.45, 2.75) is 32.2 Å². The maximum Gasteiger partial charge on any atom is 0.317 e. The summed E-state index contributed by atoms with van der Waals surface area (Å²) >= 11 is 0. The molecule has 1 unspecified atom stereocenters. The van der Waals surface area contributed by atoms with Crippen molar-refractivity contribution in [3.05, 3.63) is 0 Å². The summed E-state index contributed by atoms with van der Waals surface area (Å²) in [5, 5.41) is 13.7. The van der Waals surface area contributed by atoms with Gasteiger partial charge in [0.25, 0.3) is 0 Å². The van der Waals surface area contributed by atoms with Crippen LogP contribution in [0.25, 0.3) is 0 Å². The van der Waals surface area contributed by atoms with E-state index in [0.29, 0.717) is 6.42 Å². The normalized spacial score (nSPS) is 11.5. The Labute approximate surface area is 107 Å². The summed E-state index contributed by atoms with van der Waals surface area (Å²) in [6, 6.07) is -0.856. The minimum Gasteiger partial charge on any atom is -0.481 e. The summed E-state index contributed by atoms with van der Waals surface area (Å²) < 4.78 is 0. The second-order valence-electron chi connectivity index (χ2n) is 4.06. The molecule has 104 valence electrons. The topological polar surface area (TPSA) is 98.7 Å². The van der Waals surface area contributed by atoms with Crippen molar-refractivity contribution in [3.8, 4) is 0 Å². The van der Waals surface area contributed by atoms with Crippen molar-refractivity contribution >= 4 is 17.9 Å². The molecule has 0 saturated carbocycles. The van der Waals surface area contributed by atoms with E-state index in [1.54, 1.807) is 0 Å². The van der Waals surface area contributed by atoms with Crippen molar-refractivity contribution in [1.82, 2.24) is 15.5 Å². The van der Waals surface area contributed by atoms with Gasteiger partial charge in [0.1, 0.15) is 6.54 Å². The number of carbonyl (C=O) groups is 3. The SMILES string of the molecule is CCCC(CC(=O)O)NC(=O)N(C)CC(=O)NC. The lowest BCUT2D eigenvalue weighted by Crippen LogP contribution is -2.46. The first-order chi connectivity index (χ1) is 8.40. The van der Waals surface area contributed by atoms with Crippen LogP contribution in [0.4, 0.5) is 4.79 Å². The van der Waals surface area contributed by atoms with Crippen LogP contribution in [0.2, 0.25) is 0 Å². The summed E-state index contributed by atoms with van der Waals surface area (Å²) in [6.45, 7) is 1.85. The second-order valence-corrected chi connectivity index (χ2v) is 4.06. The van der Waals surface area contributed by atoms with Crippen molar-refractivity contribution in [2.24, 2.45) is 0 Å². The van der Waals surface area contributed by atoms with Gasteiger partial charge in [0.2, 0.25) is 5.91 Å². The van der Waals surface area contributed by atoms with E-state index >= 15 is 0 Å². The fraction of sp³-hybridized carbons (Fsp3) is 0.727. The molecule has 3 amide bonds. The molecule has 0 radical (unpaired) electrons. The zero-order valence-corrected chi connectivity index (χ0v) is 11.0. The zero-order chi connectivity index (χ0) is 14.1. The standard InChI is InChI=1S/C11H21N3O4/c1-4-5-8(6-10(16)17)13-11(18)14(3)7-9(15)12-2/h8H,4-7H2,1-3H3,(H,12,15)(H,13,18)(H,16,17). The molecule has 0 aliphatic heterocycles. The van der Waals surface area contributed by atoms with E-state index < -0.39 is 18.0 Å². The van der Waals surface area contributed by atoms with Crippen LogP contribution in [-0.2, 0) is 9.59 Å². The minimum atomic E-state index is -0.956. The molecule has 0 aliphatic rings. The third kappa shape index (κ3) is 6.72. The van der Waals surface area contributed by atoms with Crippen LogP contribution in [0.15, 0.2) is 0 Å². The van der Waals surface area contributed by atoms with Crippen LogP contribution >= 0.6 is 0 Å². The van der Waals surface area contributed by atoms with Gasteiger partial charge in [-0.15, -0.1) is 0 Å². The second kappa shape index (κ2) is 8.32. The van der Waals surface area contributed by atoms with E-state index in [1.165, 1.54) is 19.0 Å². The third-order valence-electron chi connectivity index (χ3n) is 2.39. The molecule has 7 nitrogen and oxygen atoms in total. The highest BCUT2D eigenvalue weighted by atomic mass is 16.4. The average Bonchev–Trinajstić information content (AvgIpc) is 2.28. The Bertz CT molecular complexity index is 307. The number of likely N-dealkylation sites (N-methyl/N-ethyl adjacent to an activating group) is 2. The maximum atomic E-state index is 11.7. The van der Waals surface area contributed by atoms with Gasteiger partial charge in [0, 0.05) is 20.1 Å². The number of hydrogen-bond acceptors (Lipinski definition) is 3. The summed E-state index contributed by atoms with van der Waals surface area (Å²) in [6.07, 6.45) is 1.25. The number of carbonyl (C=O) groups excluding carboxylic acids is 2. The monoisotopic (exact) mass is 259 g/mol. The zero-order valence-electron chi connectivity index (χ0n) is 11.0. The number of carboxylic acids is 1. The Morgan fingerprint density at radius 3 is 2.39 bits per heavy atom. The summed E-state index contributed by atoms with van der Waals surface area (Å²) in [4.78, 5) is 34.6. The predicted octanol–water partition coefficient (Wildman–Crippen LogP) is 0.0172. The summed E-state index contributed by atoms with van der Waals surface area (Å²) in [7, 11) is 2.97.